The van der Waals surface area contributed by atoms with Crippen LogP contribution in [-0.2, 0) is 6.42 Å². The van der Waals surface area contributed by atoms with E-state index in [1.807, 2.05) is 12.1 Å². The quantitative estimate of drug-likeness (QED) is 0.331. The first kappa shape index (κ1) is 13.8. The number of guanidine groups is 1. The van der Waals surface area contributed by atoms with E-state index in [2.05, 4.69) is 20.7 Å². The van der Waals surface area contributed by atoms with Gasteiger partial charge in [-0.25, -0.2) is 5.84 Å². The summed E-state index contributed by atoms with van der Waals surface area (Å²) < 4.78 is 0. The fraction of sp³-hybridized carbons (Fsp3) is 0.571. The topological polar surface area (TPSA) is 75.3 Å². The van der Waals surface area contributed by atoms with Crippen molar-refractivity contribution >= 4 is 5.96 Å². The van der Waals surface area contributed by atoms with Gasteiger partial charge in [0.2, 0.25) is 5.96 Å². The Hall–Kier alpha value is -1.62. The van der Waals surface area contributed by atoms with Crippen LogP contribution in [0.15, 0.2) is 29.5 Å². The molecule has 1 aromatic rings. The third-order valence-corrected chi connectivity index (χ3v) is 3.50. The van der Waals surface area contributed by atoms with Crippen LogP contribution in [0.2, 0.25) is 0 Å². The van der Waals surface area contributed by atoms with Crippen molar-refractivity contribution < 1.29 is 0 Å². The summed E-state index contributed by atoms with van der Waals surface area (Å²) in [5.41, 5.74) is 3.91. The fourth-order valence-corrected chi connectivity index (χ4v) is 2.42. The molecule has 1 aliphatic rings. The van der Waals surface area contributed by atoms with Gasteiger partial charge in [0.15, 0.2) is 0 Å². The van der Waals surface area contributed by atoms with Gasteiger partial charge in [0.25, 0.3) is 0 Å². The molecule has 0 unspecified atom stereocenters. The van der Waals surface area contributed by atoms with E-state index in [0.717, 1.165) is 13.0 Å². The Bertz CT molecular complexity index is 384. The Morgan fingerprint density at radius 3 is 2.68 bits per heavy atom. The van der Waals surface area contributed by atoms with Crippen LogP contribution in [0.25, 0.3) is 0 Å². The molecule has 104 valence electrons. The average Bonchev–Trinajstić information content (AvgIpc) is 2.48. The molecule has 1 aromatic heterocycles. The van der Waals surface area contributed by atoms with Gasteiger partial charge in [-0.3, -0.25) is 15.4 Å². The average molecular weight is 261 g/mol. The number of hydrogen-bond donors (Lipinski definition) is 3. The molecule has 0 saturated heterocycles. The molecule has 4 N–H and O–H groups in total. The Morgan fingerprint density at radius 2 is 2.00 bits per heavy atom. The van der Waals surface area contributed by atoms with Crippen molar-refractivity contribution in [2.24, 2.45) is 10.8 Å². The Labute approximate surface area is 114 Å². The van der Waals surface area contributed by atoms with Crippen molar-refractivity contribution in [3.63, 3.8) is 0 Å². The molecule has 1 saturated carbocycles. The Kier molecular flexibility index (Phi) is 5.62. The molecule has 1 aliphatic carbocycles. The van der Waals surface area contributed by atoms with Crippen molar-refractivity contribution in [3.05, 3.63) is 30.1 Å². The molecular weight excluding hydrogens is 238 g/mol. The second-order valence-electron chi connectivity index (χ2n) is 4.96. The van der Waals surface area contributed by atoms with Gasteiger partial charge in [-0.2, -0.15) is 0 Å². The van der Waals surface area contributed by atoms with Crippen LogP contribution >= 0.6 is 0 Å². The molecule has 0 amide bonds. The lowest BCUT2D eigenvalue weighted by molar-refractivity contribution is 0.410. The SMILES string of the molecule is NNC(=NCCc1ccncc1)NC1CCCCC1. The van der Waals surface area contributed by atoms with Crippen LogP contribution < -0.4 is 16.6 Å². The van der Waals surface area contributed by atoms with Crippen LogP contribution in [0.4, 0.5) is 0 Å². The molecular formula is C14H23N5. The minimum absolute atomic E-state index is 0.518. The van der Waals surface area contributed by atoms with Gasteiger partial charge in [-0.05, 0) is 37.0 Å². The monoisotopic (exact) mass is 261 g/mol. The number of nitrogens with zero attached hydrogens (tertiary/aromatic N) is 2. The second-order valence-corrected chi connectivity index (χ2v) is 4.96. The molecule has 1 heterocycles. The maximum Gasteiger partial charge on any atom is 0.205 e. The number of nitrogens with two attached hydrogens (primary N) is 1. The van der Waals surface area contributed by atoms with Gasteiger partial charge in [0.05, 0.1) is 0 Å². The van der Waals surface area contributed by atoms with Crippen molar-refractivity contribution in [3.8, 4) is 0 Å². The Morgan fingerprint density at radius 1 is 1.26 bits per heavy atom. The highest BCUT2D eigenvalue weighted by molar-refractivity contribution is 5.79. The normalized spacial score (nSPS) is 17.2. The molecule has 0 aromatic carbocycles. The highest BCUT2D eigenvalue weighted by atomic mass is 15.3. The van der Waals surface area contributed by atoms with E-state index in [1.54, 1.807) is 12.4 Å². The van der Waals surface area contributed by atoms with Gasteiger partial charge in [-0.1, -0.05) is 19.3 Å². The van der Waals surface area contributed by atoms with E-state index < -0.39 is 0 Å². The first-order chi connectivity index (χ1) is 9.38. The minimum atomic E-state index is 0.518. The van der Waals surface area contributed by atoms with E-state index in [1.165, 1.54) is 37.7 Å². The standard InChI is InChI=1S/C14H23N5/c15-19-14(18-13-4-2-1-3-5-13)17-11-8-12-6-9-16-10-7-12/h6-7,9-10,13H,1-5,8,11,15H2,(H2,17,18,19). The van der Waals surface area contributed by atoms with Crippen LogP contribution in [0.3, 0.4) is 0 Å². The number of hydrogen-bond acceptors (Lipinski definition) is 3. The summed E-state index contributed by atoms with van der Waals surface area (Å²) in [7, 11) is 0. The molecule has 0 atom stereocenters. The lowest BCUT2D eigenvalue weighted by atomic mass is 9.96. The molecule has 0 aliphatic heterocycles. The van der Waals surface area contributed by atoms with Gasteiger partial charge < -0.3 is 5.32 Å². The van der Waals surface area contributed by atoms with Crippen molar-refractivity contribution in [1.82, 2.24) is 15.7 Å². The maximum absolute atomic E-state index is 5.52. The van der Waals surface area contributed by atoms with E-state index in [0.29, 0.717) is 12.0 Å². The van der Waals surface area contributed by atoms with Crippen molar-refractivity contribution in [1.29, 1.82) is 0 Å². The number of aliphatic imine (C=N–C) groups is 1. The van der Waals surface area contributed by atoms with Gasteiger partial charge in [-0.15, -0.1) is 0 Å². The zero-order chi connectivity index (χ0) is 13.3. The second kappa shape index (κ2) is 7.74. The zero-order valence-corrected chi connectivity index (χ0v) is 11.3. The molecule has 1 fully saturated rings. The summed E-state index contributed by atoms with van der Waals surface area (Å²) in [6.07, 6.45) is 10.9. The number of pyridine rings is 1. The third kappa shape index (κ3) is 4.87. The molecule has 0 bridgehead atoms. The first-order valence-corrected chi connectivity index (χ1v) is 7.05. The van der Waals surface area contributed by atoms with E-state index >= 15 is 0 Å². The molecule has 0 spiro atoms. The number of rotatable bonds is 4. The molecule has 5 nitrogen and oxygen atoms in total. The molecule has 5 heteroatoms. The summed E-state index contributed by atoms with van der Waals surface area (Å²) in [6.45, 7) is 0.725. The molecule has 0 radical (unpaired) electrons. The smallest absolute Gasteiger partial charge is 0.205 e. The fourth-order valence-electron chi connectivity index (χ4n) is 2.42. The summed E-state index contributed by atoms with van der Waals surface area (Å²) in [4.78, 5) is 8.48. The Balaban J connectivity index is 1.78. The lowest BCUT2D eigenvalue weighted by Crippen LogP contribution is -2.47. The third-order valence-electron chi connectivity index (χ3n) is 3.50. The summed E-state index contributed by atoms with van der Waals surface area (Å²) in [6, 6.07) is 4.55. The van der Waals surface area contributed by atoms with Crippen LogP contribution in [0, 0.1) is 0 Å². The van der Waals surface area contributed by atoms with Crippen LogP contribution in [-0.4, -0.2) is 23.5 Å². The number of hydrazine groups is 1. The zero-order valence-electron chi connectivity index (χ0n) is 11.3. The maximum atomic E-state index is 5.52. The van der Waals surface area contributed by atoms with E-state index in [-0.39, 0.29) is 0 Å². The predicted octanol–water partition coefficient (Wildman–Crippen LogP) is 1.37. The summed E-state index contributed by atoms with van der Waals surface area (Å²) >= 11 is 0. The van der Waals surface area contributed by atoms with Gasteiger partial charge in [0, 0.05) is 25.0 Å². The van der Waals surface area contributed by atoms with E-state index in [4.69, 9.17) is 5.84 Å². The van der Waals surface area contributed by atoms with Crippen molar-refractivity contribution in [2.75, 3.05) is 6.54 Å². The molecule has 2 rings (SSSR count). The van der Waals surface area contributed by atoms with Gasteiger partial charge >= 0.3 is 0 Å². The van der Waals surface area contributed by atoms with Gasteiger partial charge in [0.1, 0.15) is 0 Å². The van der Waals surface area contributed by atoms with Crippen LogP contribution in [0.5, 0.6) is 0 Å². The minimum Gasteiger partial charge on any atom is -0.353 e. The first-order valence-electron chi connectivity index (χ1n) is 7.05. The van der Waals surface area contributed by atoms with E-state index in [9.17, 15) is 0 Å². The number of aromatic nitrogens is 1. The largest absolute Gasteiger partial charge is 0.353 e. The molecule has 19 heavy (non-hydrogen) atoms. The number of nitrogens with one attached hydrogen (secondary N) is 2. The summed E-state index contributed by atoms with van der Waals surface area (Å²) in [5.74, 6) is 6.23. The van der Waals surface area contributed by atoms with Crippen molar-refractivity contribution in [2.45, 2.75) is 44.6 Å². The van der Waals surface area contributed by atoms with Crippen LogP contribution in [0.1, 0.15) is 37.7 Å². The predicted molar refractivity (Wildman–Crippen MR) is 77.6 cm³/mol. The highest BCUT2D eigenvalue weighted by Crippen LogP contribution is 2.17. The summed E-state index contributed by atoms with van der Waals surface area (Å²) in [5, 5.41) is 3.39. The lowest BCUT2D eigenvalue weighted by Gasteiger charge is -2.24. The highest BCUT2D eigenvalue weighted by Gasteiger charge is 2.13.